The van der Waals surface area contributed by atoms with Crippen LogP contribution in [0.15, 0.2) is 84.9 Å². The van der Waals surface area contributed by atoms with Crippen LogP contribution in [0.4, 0.5) is 0 Å². The number of hydrogen-bond donors (Lipinski definition) is 0. The van der Waals surface area contributed by atoms with Crippen LogP contribution in [0.25, 0.3) is 0 Å². The van der Waals surface area contributed by atoms with Crippen molar-refractivity contribution >= 4 is 0 Å². The minimum absolute atomic E-state index is 0.0877. The Morgan fingerprint density at radius 3 is 1.42 bits per heavy atom. The number of aryl methyl sites for hydroxylation is 1. The number of ether oxygens (including phenoxy) is 3. The summed E-state index contributed by atoms with van der Waals surface area (Å²) >= 11 is 0. The molecule has 168 valence electrons. The lowest BCUT2D eigenvalue weighted by Gasteiger charge is -2.10. The summed E-state index contributed by atoms with van der Waals surface area (Å²) < 4.78 is 17.5. The van der Waals surface area contributed by atoms with Gasteiger partial charge >= 0.3 is 18.0 Å². The third-order valence-corrected chi connectivity index (χ3v) is 4.93. The van der Waals surface area contributed by atoms with Crippen LogP contribution in [0.2, 0.25) is 0 Å². The normalized spacial score (nSPS) is 10.6. The van der Waals surface area contributed by atoms with Crippen molar-refractivity contribution in [1.29, 1.82) is 0 Å². The fourth-order valence-corrected chi connectivity index (χ4v) is 3.23. The molecule has 0 atom stereocenters. The number of para-hydroxylation sites is 2. The number of rotatable bonds is 11. The molecule has 0 saturated heterocycles. The van der Waals surface area contributed by atoms with Gasteiger partial charge in [0.15, 0.2) is 0 Å². The first kappa shape index (κ1) is 22.3. The first-order valence-corrected chi connectivity index (χ1v) is 11.3. The lowest BCUT2D eigenvalue weighted by Crippen LogP contribution is -2.01. The molecule has 0 fully saturated rings. The maximum Gasteiger partial charge on any atom is 0.331 e. The molecule has 1 heterocycles. The SMILES string of the molecule is CCCCCCc1ccc(Oc2nc(Oc3ccccc3)nc(Oc3ccccc3)n2)cc1. The Hall–Kier alpha value is -3.93. The Kier molecular flexibility index (Phi) is 7.84. The highest BCUT2D eigenvalue weighted by Crippen LogP contribution is 2.27. The minimum Gasteiger partial charge on any atom is -0.424 e. The van der Waals surface area contributed by atoms with Crippen LogP contribution in [-0.2, 0) is 6.42 Å². The van der Waals surface area contributed by atoms with Crippen molar-refractivity contribution in [2.75, 3.05) is 0 Å². The molecule has 6 nitrogen and oxygen atoms in total. The average molecular weight is 442 g/mol. The summed E-state index contributed by atoms with van der Waals surface area (Å²) in [7, 11) is 0. The van der Waals surface area contributed by atoms with Gasteiger partial charge in [-0.1, -0.05) is 74.7 Å². The van der Waals surface area contributed by atoms with E-state index < -0.39 is 0 Å². The molecule has 33 heavy (non-hydrogen) atoms. The summed E-state index contributed by atoms with van der Waals surface area (Å²) in [6.07, 6.45) is 6.04. The maximum absolute atomic E-state index is 5.91. The summed E-state index contributed by atoms with van der Waals surface area (Å²) in [4.78, 5) is 12.9. The molecule has 0 unspecified atom stereocenters. The van der Waals surface area contributed by atoms with E-state index in [1.54, 1.807) is 0 Å². The van der Waals surface area contributed by atoms with E-state index >= 15 is 0 Å². The predicted molar refractivity (Wildman–Crippen MR) is 127 cm³/mol. The van der Waals surface area contributed by atoms with Crippen LogP contribution in [0.3, 0.4) is 0 Å². The first-order valence-electron chi connectivity index (χ1n) is 11.3. The molecule has 4 rings (SSSR count). The molecule has 0 radical (unpaired) electrons. The fourth-order valence-electron chi connectivity index (χ4n) is 3.23. The van der Waals surface area contributed by atoms with E-state index in [1.165, 1.54) is 31.2 Å². The predicted octanol–water partition coefficient (Wildman–Crippen LogP) is 7.37. The Labute approximate surface area is 194 Å². The monoisotopic (exact) mass is 441 g/mol. The van der Waals surface area contributed by atoms with Gasteiger partial charge in [0.2, 0.25) is 0 Å². The van der Waals surface area contributed by atoms with E-state index in [1.807, 2.05) is 72.8 Å². The average Bonchev–Trinajstić information content (AvgIpc) is 2.84. The van der Waals surface area contributed by atoms with Gasteiger partial charge in [0.25, 0.3) is 0 Å². The molecule has 0 aliphatic carbocycles. The van der Waals surface area contributed by atoms with Crippen molar-refractivity contribution in [2.24, 2.45) is 0 Å². The van der Waals surface area contributed by atoms with Crippen LogP contribution >= 0.6 is 0 Å². The Morgan fingerprint density at radius 2 is 0.970 bits per heavy atom. The number of nitrogens with zero attached hydrogens (tertiary/aromatic N) is 3. The van der Waals surface area contributed by atoms with Crippen molar-refractivity contribution in [3.63, 3.8) is 0 Å². The van der Waals surface area contributed by atoms with Gasteiger partial charge in [-0.15, -0.1) is 15.0 Å². The molecule has 4 aromatic rings. The third-order valence-electron chi connectivity index (χ3n) is 4.93. The minimum atomic E-state index is 0.0877. The molecule has 0 bridgehead atoms. The summed E-state index contributed by atoms with van der Waals surface area (Å²) in [5.74, 6) is 1.84. The quantitative estimate of drug-likeness (QED) is 0.226. The summed E-state index contributed by atoms with van der Waals surface area (Å²) in [6, 6.07) is 26.9. The first-order chi connectivity index (χ1) is 16.3. The number of hydrogen-bond acceptors (Lipinski definition) is 6. The highest BCUT2D eigenvalue weighted by molar-refractivity contribution is 5.31. The van der Waals surface area contributed by atoms with Gasteiger partial charge in [-0.2, -0.15) is 0 Å². The summed E-state index contributed by atoms with van der Waals surface area (Å²) in [5, 5.41) is 0. The second-order valence-electron chi connectivity index (χ2n) is 7.57. The van der Waals surface area contributed by atoms with Crippen LogP contribution in [0.5, 0.6) is 35.3 Å². The van der Waals surface area contributed by atoms with Crippen molar-refractivity contribution in [3.8, 4) is 35.3 Å². The van der Waals surface area contributed by atoms with E-state index in [2.05, 4.69) is 34.0 Å². The molecule has 0 amide bonds. The maximum atomic E-state index is 5.91. The Balaban J connectivity index is 1.50. The molecule has 3 aromatic carbocycles. The van der Waals surface area contributed by atoms with Crippen LogP contribution in [-0.4, -0.2) is 15.0 Å². The van der Waals surface area contributed by atoms with Crippen molar-refractivity contribution in [1.82, 2.24) is 15.0 Å². The van der Waals surface area contributed by atoms with E-state index in [4.69, 9.17) is 14.2 Å². The number of unbranched alkanes of at least 4 members (excludes halogenated alkanes) is 3. The van der Waals surface area contributed by atoms with Gasteiger partial charge < -0.3 is 14.2 Å². The van der Waals surface area contributed by atoms with Gasteiger partial charge in [0.1, 0.15) is 17.2 Å². The topological polar surface area (TPSA) is 66.4 Å². The van der Waals surface area contributed by atoms with Gasteiger partial charge in [-0.3, -0.25) is 0 Å². The molecular weight excluding hydrogens is 414 g/mol. The summed E-state index contributed by atoms with van der Waals surface area (Å²) in [6.45, 7) is 2.22. The zero-order valence-electron chi connectivity index (χ0n) is 18.7. The molecule has 1 aromatic heterocycles. The largest absolute Gasteiger partial charge is 0.424 e. The van der Waals surface area contributed by atoms with Crippen molar-refractivity contribution in [2.45, 2.75) is 39.0 Å². The van der Waals surface area contributed by atoms with Crippen molar-refractivity contribution in [3.05, 3.63) is 90.5 Å². The number of benzene rings is 3. The highest BCUT2D eigenvalue weighted by atomic mass is 16.5. The Morgan fingerprint density at radius 1 is 0.515 bits per heavy atom. The molecule has 0 saturated carbocycles. The lowest BCUT2D eigenvalue weighted by atomic mass is 10.1. The molecular formula is C27H27N3O3. The second-order valence-corrected chi connectivity index (χ2v) is 7.57. The fraction of sp³-hybridized carbons (Fsp3) is 0.222. The molecule has 6 heteroatoms. The van der Waals surface area contributed by atoms with Crippen LogP contribution in [0, 0.1) is 0 Å². The molecule has 0 aliphatic heterocycles. The van der Waals surface area contributed by atoms with Crippen LogP contribution in [0.1, 0.15) is 38.2 Å². The molecule has 0 aliphatic rings. The Bertz CT molecular complexity index is 1060. The standard InChI is InChI=1S/C27H27N3O3/c1-2-3-4-7-12-21-17-19-24(20-18-21)33-27-29-25(31-22-13-8-5-9-14-22)28-26(30-27)32-23-15-10-6-11-16-23/h5-6,8-11,13-20H,2-4,7,12H2,1H3. The third kappa shape index (κ3) is 7.04. The highest BCUT2D eigenvalue weighted by Gasteiger charge is 2.13. The van der Waals surface area contributed by atoms with E-state index in [9.17, 15) is 0 Å². The van der Waals surface area contributed by atoms with Crippen LogP contribution < -0.4 is 14.2 Å². The van der Waals surface area contributed by atoms with E-state index in [0.717, 1.165) is 6.42 Å². The smallest absolute Gasteiger partial charge is 0.331 e. The van der Waals surface area contributed by atoms with E-state index in [0.29, 0.717) is 17.2 Å². The van der Waals surface area contributed by atoms with Gasteiger partial charge in [-0.05, 0) is 54.8 Å². The van der Waals surface area contributed by atoms with Gasteiger partial charge in [0.05, 0.1) is 0 Å². The zero-order chi connectivity index (χ0) is 22.7. The van der Waals surface area contributed by atoms with Gasteiger partial charge in [-0.25, -0.2) is 0 Å². The number of aromatic nitrogens is 3. The van der Waals surface area contributed by atoms with Gasteiger partial charge in [0, 0.05) is 0 Å². The van der Waals surface area contributed by atoms with Crippen molar-refractivity contribution < 1.29 is 14.2 Å². The van der Waals surface area contributed by atoms with E-state index in [-0.39, 0.29) is 18.0 Å². The lowest BCUT2D eigenvalue weighted by molar-refractivity contribution is 0.362. The second kappa shape index (κ2) is 11.6. The molecule has 0 N–H and O–H groups in total. The summed E-state index contributed by atoms with van der Waals surface area (Å²) in [5.41, 5.74) is 1.29. The zero-order valence-corrected chi connectivity index (χ0v) is 18.7. The molecule has 0 spiro atoms.